The zero-order valence-corrected chi connectivity index (χ0v) is 20.3. The molecule has 0 radical (unpaired) electrons. The Hall–Kier alpha value is -2.96. The third-order valence-electron chi connectivity index (χ3n) is 7.48. The lowest BCUT2D eigenvalue weighted by Crippen LogP contribution is -2.42. The smallest absolute Gasteiger partial charge is 0.167 e. The van der Waals surface area contributed by atoms with Crippen LogP contribution in [0.5, 0.6) is 0 Å². The Morgan fingerprint density at radius 3 is 2.50 bits per heavy atom. The van der Waals surface area contributed by atoms with E-state index in [0.717, 1.165) is 66.4 Å². The molecule has 5 rings (SSSR count). The molecule has 1 fully saturated rings. The van der Waals surface area contributed by atoms with E-state index in [0.29, 0.717) is 18.4 Å². The normalized spacial score (nSPS) is 19.4. The molecular weight excluding hydrogens is 422 g/mol. The maximum absolute atomic E-state index is 13.4. The number of ketones is 1. The number of nitrogens with zero attached hydrogens (tertiary/aromatic N) is 3. The molecule has 0 bridgehead atoms. The molecule has 1 saturated heterocycles. The van der Waals surface area contributed by atoms with Gasteiger partial charge in [0, 0.05) is 41.8 Å². The number of aromatic nitrogens is 2. The summed E-state index contributed by atoms with van der Waals surface area (Å²) in [7, 11) is 4.37. The van der Waals surface area contributed by atoms with Gasteiger partial charge in [-0.15, -0.1) is 0 Å². The number of fused-ring (bicyclic) bond motifs is 1. The monoisotopic (exact) mass is 457 g/mol. The van der Waals surface area contributed by atoms with Gasteiger partial charge >= 0.3 is 0 Å². The van der Waals surface area contributed by atoms with Gasteiger partial charge in [0.2, 0.25) is 0 Å². The van der Waals surface area contributed by atoms with Crippen LogP contribution < -0.4 is 5.32 Å². The molecule has 1 aliphatic heterocycles. The summed E-state index contributed by atoms with van der Waals surface area (Å²) in [6.45, 7) is 3.41. The highest BCUT2D eigenvalue weighted by Crippen LogP contribution is 2.40. The van der Waals surface area contributed by atoms with Gasteiger partial charge in [-0.1, -0.05) is 18.2 Å². The summed E-state index contributed by atoms with van der Waals surface area (Å²) in [4.78, 5) is 26.2. The molecule has 2 N–H and O–H groups in total. The van der Waals surface area contributed by atoms with Gasteiger partial charge in [0.05, 0.1) is 16.9 Å². The van der Waals surface area contributed by atoms with Gasteiger partial charge < -0.3 is 20.1 Å². The third kappa shape index (κ3) is 4.93. The first kappa shape index (κ1) is 22.8. The predicted molar refractivity (Wildman–Crippen MR) is 138 cm³/mol. The van der Waals surface area contributed by atoms with Crippen molar-refractivity contribution >= 4 is 17.2 Å². The van der Waals surface area contributed by atoms with Crippen LogP contribution in [0.3, 0.4) is 0 Å². The first-order valence-electron chi connectivity index (χ1n) is 12.5. The zero-order valence-electron chi connectivity index (χ0n) is 20.3. The maximum Gasteiger partial charge on any atom is 0.167 e. The average Bonchev–Trinajstić information content (AvgIpc) is 3.23. The first-order valence-corrected chi connectivity index (χ1v) is 12.5. The van der Waals surface area contributed by atoms with Gasteiger partial charge in [0.15, 0.2) is 5.78 Å². The van der Waals surface area contributed by atoms with E-state index in [1.54, 1.807) is 12.4 Å². The molecule has 1 unspecified atom stereocenters. The lowest BCUT2D eigenvalue weighted by Gasteiger charge is -2.36. The molecule has 0 amide bonds. The standard InChI is InChI=1S/C28H35N5O/c1-32(2)23-11-16-33(17-12-23)15-10-20-18-24-26(25(34)19-20)28(30-22-6-4-3-5-7-22)27(31-24)21-8-13-29-14-9-21/h3-9,13-14,20,23,30-31H,10-12,15-19H2,1-2H3. The van der Waals surface area contributed by atoms with Gasteiger partial charge in [0.1, 0.15) is 0 Å². The highest BCUT2D eigenvalue weighted by Gasteiger charge is 2.32. The zero-order chi connectivity index (χ0) is 23.5. The molecule has 1 aromatic carbocycles. The fraction of sp³-hybridized carbons (Fsp3) is 0.429. The number of pyridine rings is 1. The quantitative estimate of drug-likeness (QED) is 0.524. The van der Waals surface area contributed by atoms with Crippen LogP contribution in [0.4, 0.5) is 11.4 Å². The number of benzene rings is 1. The predicted octanol–water partition coefficient (Wildman–Crippen LogP) is 4.98. The molecule has 2 aliphatic rings. The number of nitrogens with one attached hydrogen (secondary N) is 2. The van der Waals surface area contributed by atoms with Crippen molar-refractivity contribution in [3.8, 4) is 11.3 Å². The number of hydrogen-bond donors (Lipinski definition) is 2. The first-order chi connectivity index (χ1) is 16.6. The highest BCUT2D eigenvalue weighted by molar-refractivity contribution is 6.07. The molecule has 2 aromatic heterocycles. The van der Waals surface area contributed by atoms with Gasteiger partial charge in [0.25, 0.3) is 0 Å². The Kier molecular flexibility index (Phi) is 6.79. The summed E-state index contributed by atoms with van der Waals surface area (Å²) < 4.78 is 0. The van der Waals surface area contributed by atoms with E-state index in [4.69, 9.17) is 0 Å². The summed E-state index contributed by atoms with van der Waals surface area (Å²) in [6.07, 6.45) is 8.68. The second kappa shape index (κ2) is 10.1. The van der Waals surface area contributed by atoms with Gasteiger partial charge in [-0.3, -0.25) is 9.78 Å². The molecular formula is C28H35N5O. The van der Waals surface area contributed by atoms with Crippen molar-refractivity contribution in [3.63, 3.8) is 0 Å². The Morgan fingerprint density at radius 2 is 1.79 bits per heavy atom. The number of aromatic amines is 1. The number of anilines is 2. The molecule has 6 heteroatoms. The van der Waals surface area contributed by atoms with Crippen LogP contribution in [0, 0.1) is 5.92 Å². The number of piperidine rings is 1. The van der Waals surface area contributed by atoms with Crippen molar-refractivity contribution in [1.82, 2.24) is 19.8 Å². The fourth-order valence-electron chi connectivity index (χ4n) is 5.49. The van der Waals surface area contributed by atoms with E-state index in [1.165, 1.54) is 12.8 Å². The van der Waals surface area contributed by atoms with E-state index < -0.39 is 0 Å². The molecule has 1 aliphatic carbocycles. The summed E-state index contributed by atoms with van der Waals surface area (Å²) >= 11 is 0. The van der Waals surface area contributed by atoms with Gasteiger partial charge in [-0.05, 0) is 89.6 Å². The van der Waals surface area contributed by atoms with Crippen LogP contribution in [-0.4, -0.2) is 65.3 Å². The lowest BCUT2D eigenvalue weighted by atomic mass is 9.84. The largest absolute Gasteiger partial charge is 0.356 e. The third-order valence-corrected chi connectivity index (χ3v) is 7.48. The van der Waals surface area contributed by atoms with Gasteiger partial charge in [-0.25, -0.2) is 0 Å². The van der Waals surface area contributed by atoms with Crippen molar-refractivity contribution in [3.05, 3.63) is 66.1 Å². The molecule has 0 spiro atoms. The van der Waals surface area contributed by atoms with Crippen LogP contribution in [-0.2, 0) is 6.42 Å². The summed E-state index contributed by atoms with van der Waals surface area (Å²) in [5.41, 5.74) is 5.78. The van der Waals surface area contributed by atoms with Crippen molar-refractivity contribution < 1.29 is 4.79 Å². The van der Waals surface area contributed by atoms with Crippen LogP contribution in [0.2, 0.25) is 0 Å². The molecule has 3 aromatic rings. The average molecular weight is 458 g/mol. The number of Topliss-reactive ketones (excluding diaryl/α,β-unsaturated/α-hetero) is 1. The summed E-state index contributed by atoms with van der Waals surface area (Å²) in [5.74, 6) is 0.632. The number of para-hydroxylation sites is 1. The van der Waals surface area contributed by atoms with Crippen molar-refractivity contribution in [2.75, 3.05) is 39.0 Å². The van der Waals surface area contributed by atoms with E-state index in [1.807, 2.05) is 42.5 Å². The van der Waals surface area contributed by atoms with Crippen LogP contribution in [0.25, 0.3) is 11.3 Å². The Morgan fingerprint density at radius 1 is 1.06 bits per heavy atom. The number of rotatable bonds is 7. The van der Waals surface area contributed by atoms with Crippen LogP contribution in [0.1, 0.15) is 41.7 Å². The van der Waals surface area contributed by atoms with Crippen molar-refractivity contribution in [2.45, 2.75) is 38.1 Å². The maximum atomic E-state index is 13.4. The minimum atomic E-state index is 0.243. The molecule has 34 heavy (non-hydrogen) atoms. The second-order valence-electron chi connectivity index (χ2n) is 9.98. The topological polar surface area (TPSA) is 64.3 Å². The summed E-state index contributed by atoms with van der Waals surface area (Å²) in [6, 6.07) is 14.8. The van der Waals surface area contributed by atoms with Crippen molar-refractivity contribution in [1.29, 1.82) is 0 Å². The number of likely N-dealkylation sites (tertiary alicyclic amines) is 1. The molecule has 178 valence electrons. The van der Waals surface area contributed by atoms with Crippen molar-refractivity contribution in [2.24, 2.45) is 5.92 Å². The van der Waals surface area contributed by atoms with E-state index in [-0.39, 0.29) is 5.78 Å². The highest BCUT2D eigenvalue weighted by atomic mass is 16.1. The molecule has 0 saturated carbocycles. The van der Waals surface area contributed by atoms with E-state index >= 15 is 0 Å². The van der Waals surface area contributed by atoms with Gasteiger partial charge in [-0.2, -0.15) is 0 Å². The van der Waals surface area contributed by atoms with E-state index in [2.05, 4.69) is 39.2 Å². The molecule has 1 atom stereocenters. The lowest BCUT2D eigenvalue weighted by molar-refractivity contribution is 0.0934. The SMILES string of the molecule is CN(C)C1CCN(CCC2CC(=O)c3c([nH]c(-c4ccncc4)c3Nc3ccccc3)C2)CC1. The fourth-order valence-corrected chi connectivity index (χ4v) is 5.49. The Bertz CT molecular complexity index is 1100. The number of hydrogen-bond acceptors (Lipinski definition) is 5. The van der Waals surface area contributed by atoms with Crippen LogP contribution >= 0.6 is 0 Å². The Balaban J connectivity index is 1.33. The summed E-state index contributed by atoms with van der Waals surface area (Å²) in [5, 5.41) is 3.54. The number of H-pyrrole nitrogens is 1. The van der Waals surface area contributed by atoms with Crippen LogP contribution in [0.15, 0.2) is 54.9 Å². The van der Waals surface area contributed by atoms with E-state index in [9.17, 15) is 4.79 Å². The molecule has 6 nitrogen and oxygen atoms in total. The minimum Gasteiger partial charge on any atom is -0.356 e. The number of carbonyl (C=O) groups is 1. The molecule has 3 heterocycles. The number of carbonyl (C=O) groups excluding carboxylic acids is 1. The second-order valence-corrected chi connectivity index (χ2v) is 9.98. The minimum absolute atomic E-state index is 0.243. The Labute approximate surface area is 202 Å².